The topological polar surface area (TPSA) is 9.23 Å². The lowest BCUT2D eigenvalue weighted by atomic mass is 10.0. The predicted octanol–water partition coefficient (Wildman–Crippen LogP) is 3.83. The van der Waals surface area contributed by atoms with Gasteiger partial charge in [0, 0.05) is 12.0 Å². The number of fused-ring (bicyclic) bond motifs is 3. The summed E-state index contributed by atoms with van der Waals surface area (Å²) in [6.07, 6.45) is 2.02. The predicted molar refractivity (Wildman–Crippen MR) is 70.6 cm³/mol. The third-order valence-corrected chi connectivity index (χ3v) is 3.60. The van der Waals surface area contributed by atoms with E-state index in [9.17, 15) is 0 Å². The summed E-state index contributed by atoms with van der Waals surface area (Å²) in [4.78, 5) is 0. The van der Waals surface area contributed by atoms with Crippen LogP contribution in [0.15, 0.2) is 36.4 Å². The minimum Gasteiger partial charge on any atom is -0.496 e. The van der Waals surface area contributed by atoms with Gasteiger partial charge in [0.25, 0.3) is 0 Å². The second kappa shape index (κ2) is 3.92. The highest BCUT2D eigenvalue weighted by Crippen LogP contribution is 2.42. The van der Waals surface area contributed by atoms with Gasteiger partial charge in [0.2, 0.25) is 0 Å². The van der Waals surface area contributed by atoms with Crippen LogP contribution in [0, 0.1) is 0 Å². The third-order valence-electron chi connectivity index (χ3n) is 3.60. The van der Waals surface area contributed by atoms with Gasteiger partial charge in [0.05, 0.1) is 7.11 Å². The van der Waals surface area contributed by atoms with Crippen molar-refractivity contribution >= 4 is 0 Å². The van der Waals surface area contributed by atoms with Crippen LogP contribution in [0.2, 0.25) is 0 Å². The Morgan fingerprint density at radius 1 is 1.06 bits per heavy atom. The standard InChI is InChI=1S/C16H16O/c1-3-11-8-9-14-13-7-5-4-6-12(13)10-15(14)16(11)17-2/h4-9H,3,10H2,1-2H3. The Bertz CT molecular complexity index is 570. The lowest BCUT2D eigenvalue weighted by Gasteiger charge is -2.12. The summed E-state index contributed by atoms with van der Waals surface area (Å²) >= 11 is 0. The van der Waals surface area contributed by atoms with Crippen LogP contribution in [0.4, 0.5) is 0 Å². The first-order valence-electron chi connectivity index (χ1n) is 6.12. The van der Waals surface area contributed by atoms with Crippen molar-refractivity contribution in [2.75, 3.05) is 7.11 Å². The van der Waals surface area contributed by atoms with E-state index >= 15 is 0 Å². The molecule has 0 atom stereocenters. The molecule has 2 aromatic carbocycles. The van der Waals surface area contributed by atoms with Gasteiger partial charge >= 0.3 is 0 Å². The molecular formula is C16H16O. The van der Waals surface area contributed by atoms with Crippen molar-refractivity contribution < 1.29 is 4.74 Å². The summed E-state index contributed by atoms with van der Waals surface area (Å²) in [5.74, 6) is 1.08. The summed E-state index contributed by atoms with van der Waals surface area (Å²) in [6, 6.07) is 13.1. The molecule has 0 aromatic heterocycles. The van der Waals surface area contributed by atoms with Gasteiger partial charge < -0.3 is 4.74 Å². The van der Waals surface area contributed by atoms with E-state index in [1.54, 1.807) is 7.11 Å². The molecule has 1 aliphatic carbocycles. The van der Waals surface area contributed by atoms with Gasteiger partial charge in [-0.15, -0.1) is 0 Å². The molecule has 0 bridgehead atoms. The zero-order valence-corrected chi connectivity index (χ0v) is 10.3. The molecule has 2 aromatic rings. The van der Waals surface area contributed by atoms with E-state index in [4.69, 9.17) is 4.74 Å². The SMILES string of the molecule is CCc1ccc2c(c1OC)Cc1ccccc1-2. The van der Waals surface area contributed by atoms with Gasteiger partial charge in [-0.2, -0.15) is 0 Å². The second-order valence-electron chi connectivity index (χ2n) is 4.47. The Morgan fingerprint density at radius 3 is 2.65 bits per heavy atom. The molecule has 0 heterocycles. The van der Waals surface area contributed by atoms with E-state index < -0.39 is 0 Å². The lowest BCUT2D eigenvalue weighted by Crippen LogP contribution is -1.95. The monoisotopic (exact) mass is 224 g/mol. The number of rotatable bonds is 2. The average molecular weight is 224 g/mol. The molecule has 0 aliphatic heterocycles. The van der Waals surface area contributed by atoms with E-state index in [1.807, 2.05) is 0 Å². The van der Waals surface area contributed by atoms with E-state index in [1.165, 1.54) is 27.8 Å². The molecule has 1 aliphatic rings. The van der Waals surface area contributed by atoms with E-state index in [0.29, 0.717) is 0 Å². The fraction of sp³-hybridized carbons (Fsp3) is 0.250. The van der Waals surface area contributed by atoms with Crippen LogP contribution in [-0.4, -0.2) is 7.11 Å². The lowest BCUT2D eigenvalue weighted by molar-refractivity contribution is 0.406. The number of benzene rings is 2. The highest BCUT2D eigenvalue weighted by atomic mass is 16.5. The molecule has 86 valence electrons. The first-order chi connectivity index (χ1) is 8.35. The van der Waals surface area contributed by atoms with Crippen LogP contribution in [0.5, 0.6) is 5.75 Å². The zero-order valence-electron chi connectivity index (χ0n) is 10.3. The average Bonchev–Trinajstić information content (AvgIpc) is 2.75. The summed E-state index contributed by atoms with van der Waals surface area (Å²) in [5, 5.41) is 0. The molecule has 0 saturated heterocycles. The van der Waals surface area contributed by atoms with E-state index in [0.717, 1.165) is 18.6 Å². The molecule has 1 heteroatoms. The molecule has 1 nitrogen and oxygen atoms in total. The van der Waals surface area contributed by atoms with E-state index in [-0.39, 0.29) is 0 Å². The molecule has 0 spiro atoms. The number of hydrogen-bond acceptors (Lipinski definition) is 1. The van der Waals surface area contributed by atoms with Crippen LogP contribution < -0.4 is 4.74 Å². The Labute approximate surface area is 102 Å². The highest BCUT2D eigenvalue weighted by Gasteiger charge is 2.22. The van der Waals surface area contributed by atoms with Crippen LogP contribution >= 0.6 is 0 Å². The van der Waals surface area contributed by atoms with Crippen molar-refractivity contribution in [3.63, 3.8) is 0 Å². The summed E-state index contributed by atoms with van der Waals surface area (Å²) in [6.45, 7) is 2.17. The van der Waals surface area contributed by atoms with Crippen molar-refractivity contribution in [3.8, 4) is 16.9 Å². The fourth-order valence-electron chi connectivity index (χ4n) is 2.76. The number of ether oxygens (including phenoxy) is 1. The minimum absolute atomic E-state index is 1.00. The Kier molecular flexibility index (Phi) is 2.40. The normalized spacial score (nSPS) is 12.1. The Morgan fingerprint density at radius 2 is 1.88 bits per heavy atom. The van der Waals surface area contributed by atoms with Crippen molar-refractivity contribution in [2.45, 2.75) is 19.8 Å². The molecular weight excluding hydrogens is 208 g/mol. The van der Waals surface area contributed by atoms with Gasteiger partial charge in [-0.3, -0.25) is 0 Å². The van der Waals surface area contributed by atoms with Crippen molar-refractivity contribution in [1.82, 2.24) is 0 Å². The molecule has 0 fully saturated rings. The van der Waals surface area contributed by atoms with Crippen LogP contribution in [0.1, 0.15) is 23.6 Å². The van der Waals surface area contributed by atoms with Crippen molar-refractivity contribution in [1.29, 1.82) is 0 Å². The van der Waals surface area contributed by atoms with Gasteiger partial charge in [0.15, 0.2) is 0 Å². The molecule has 0 saturated carbocycles. The highest BCUT2D eigenvalue weighted by molar-refractivity contribution is 5.79. The summed E-state index contributed by atoms with van der Waals surface area (Å²) in [5.41, 5.74) is 6.78. The zero-order chi connectivity index (χ0) is 11.8. The first kappa shape index (κ1) is 10.4. The number of aryl methyl sites for hydroxylation is 1. The van der Waals surface area contributed by atoms with Crippen LogP contribution in [0.25, 0.3) is 11.1 Å². The second-order valence-corrected chi connectivity index (χ2v) is 4.47. The van der Waals surface area contributed by atoms with Crippen molar-refractivity contribution in [3.05, 3.63) is 53.1 Å². The van der Waals surface area contributed by atoms with Gasteiger partial charge in [0.1, 0.15) is 5.75 Å². The smallest absolute Gasteiger partial charge is 0.126 e. The van der Waals surface area contributed by atoms with Crippen LogP contribution in [0.3, 0.4) is 0 Å². The number of methoxy groups -OCH3 is 1. The van der Waals surface area contributed by atoms with Gasteiger partial charge in [-0.25, -0.2) is 0 Å². The largest absolute Gasteiger partial charge is 0.496 e. The van der Waals surface area contributed by atoms with Gasteiger partial charge in [-0.05, 0) is 28.7 Å². The molecule has 0 unspecified atom stereocenters. The van der Waals surface area contributed by atoms with Crippen molar-refractivity contribution in [2.24, 2.45) is 0 Å². The third kappa shape index (κ3) is 1.46. The quantitative estimate of drug-likeness (QED) is 0.643. The first-order valence-corrected chi connectivity index (χ1v) is 6.12. The summed E-state index contributed by atoms with van der Waals surface area (Å²) < 4.78 is 5.61. The maximum Gasteiger partial charge on any atom is 0.126 e. The Balaban J connectivity index is 2.24. The fourth-order valence-corrected chi connectivity index (χ4v) is 2.76. The molecule has 0 radical (unpaired) electrons. The maximum atomic E-state index is 5.61. The minimum atomic E-state index is 1.00. The summed E-state index contributed by atoms with van der Waals surface area (Å²) in [7, 11) is 1.78. The Hall–Kier alpha value is -1.76. The van der Waals surface area contributed by atoms with Gasteiger partial charge in [-0.1, -0.05) is 43.3 Å². The molecule has 0 amide bonds. The number of hydrogen-bond donors (Lipinski definition) is 0. The van der Waals surface area contributed by atoms with Crippen LogP contribution in [-0.2, 0) is 12.8 Å². The van der Waals surface area contributed by atoms with E-state index in [2.05, 4.69) is 43.3 Å². The molecule has 0 N–H and O–H groups in total. The molecule has 17 heavy (non-hydrogen) atoms. The maximum absolute atomic E-state index is 5.61. The molecule has 3 rings (SSSR count).